The summed E-state index contributed by atoms with van der Waals surface area (Å²) in [6.07, 6.45) is 3.73. The zero-order valence-corrected chi connectivity index (χ0v) is 15.4. The highest BCUT2D eigenvalue weighted by molar-refractivity contribution is 6.32. The molecule has 0 unspecified atom stereocenters. The zero-order valence-electron chi connectivity index (χ0n) is 14.7. The van der Waals surface area contributed by atoms with E-state index in [-0.39, 0.29) is 5.56 Å². The van der Waals surface area contributed by atoms with Crippen LogP contribution >= 0.6 is 11.6 Å². The normalized spacial score (nSPS) is 13.1. The first-order chi connectivity index (χ1) is 13.1. The van der Waals surface area contributed by atoms with Gasteiger partial charge in [0.25, 0.3) is 0 Å². The third-order valence-corrected chi connectivity index (χ3v) is 4.12. The fourth-order valence-corrected chi connectivity index (χ4v) is 2.85. The van der Waals surface area contributed by atoms with Crippen molar-refractivity contribution >= 4 is 35.2 Å². The lowest BCUT2D eigenvalue weighted by atomic mass is 10.1. The van der Waals surface area contributed by atoms with E-state index in [9.17, 15) is 9.59 Å². The van der Waals surface area contributed by atoms with Crippen molar-refractivity contribution in [2.75, 3.05) is 25.6 Å². The minimum atomic E-state index is -0.524. The number of hydrogen-bond acceptors (Lipinski definition) is 5. The van der Waals surface area contributed by atoms with Crippen LogP contribution in [0.5, 0.6) is 11.5 Å². The molecule has 0 bridgehead atoms. The van der Waals surface area contributed by atoms with Crippen molar-refractivity contribution in [2.24, 2.45) is 0 Å². The summed E-state index contributed by atoms with van der Waals surface area (Å²) in [5, 5.41) is 3.09. The third-order valence-electron chi connectivity index (χ3n) is 3.84. The predicted octanol–water partition coefficient (Wildman–Crippen LogP) is 3.94. The van der Waals surface area contributed by atoms with Gasteiger partial charge in [-0.3, -0.25) is 4.79 Å². The Morgan fingerprint density at radius 2 is 1.96 bits per heavy atom. The number of para-hydroxylation sites is 1. The number of benzene rings is 2. The molecule has 27 heavy (non-hydrogen) atoms. The van der Waals surface area contributed by atoms with E-state index in [0.717, 1.165) is 6.42 Å². The molecular formula is C20H18ClNO5. The SMILES string of the molecule is COC(=O)c1ccccc1NC(=O)C=Cc1cc(Cl)c2c(c1)OCCCO2. The highest BCUT2D eigenvalue weighted by Gasteiger charge is 2.15. The summed E-state index contributed by atoms with van der Waals surface area (Å²) >= 11 is 6.25. The van der Waals surface area contributed by atoms with Crippen LogP contribution in [0.15, 0.2) is 42.5 Å². The molecule has 1 heterocycles. The molecule has 7 heteroatoms. The Labute approximate surface area is 161 Å². The van der Waals surface area contributed by atoms with Gasteiger partial charge in [0.2, 0.25) is 5.91 Å². The van der Waals surface area contributed by atoms with Crippen LogP contribution < -0.4 is 14.8 Å². The number of hydrogen-bond donors (Lipinski definition) is 1. The van der Waals surface area contributed by atoms with E-state index < -0.39 is 11.9 Å². The molecule has 1 aliphatic rings. The second-order valence-corrected chi connectivity index (χ2v) is 6.15. The molecule has 1 amide bonds. The molecule has 6 nitrogen and oxygen atoms in total. The molecule has 0 aromatic heterocycles. The Kier molecular flexibility index (Phi) is 5.98. The highest BCUT2D eigenvalue weighted by Crippen LogP contribution is 2.38. The van der Waals surface area contributed by atoms with Gasteiger partial charge in [-0.25, -0.2) is 4.79 Å². The average molecular weight is 388 g/mol. The minimum absolute atomic E-state index is 0.278. The number of fused-ring (bicyclic) bond motifs is 1. The standard InChI is InChI=1S/C20H18ClNO5/c1-25-20(24)14-5-2-3-6-16(14)22-18(23)8-7-13-11-15(21)19-17(12-13)26-9-4-10-27-19/h2-3,5-8,11-12H,4,9-10H2,1H3,(H,22,23). The largest absolute Gasteiger partial charge is 0.489 e. The van der Waals surface area contributed by atoms with E-state index >= 15 is 0 Å². The average Bonchev–Trinajstić information content (AvgIpc) is 2.92. The number of methoxy groups -OCH3 is 1. The summed E-state index contributed by atoms with van der Waals surface area (Å²) in [7, 11) is 1.29. The fourth-order valence-electron chi connectivity index (χ4n) is 2.57. The molecule has 0 saturated heterocycles. The van der Waals surface area contributed by atoms with Crippen LogP contribution in [-0.4, -0.2) is 32.2 Å². The molecule has 0 atom stereocenters. The Hall–Kier alpha value is -2.99. The summed E-state index contributed by atoms with van der Waals surface area (Å²) in [6.45, 7) is 1.09. The van der Waals surface area contributed by atoms with Gasteiger partial charge in [0.15, 0.2) is 11.5 Å². The highest BCUT2D eigenvalue weighted by atomic mass is 35.5. The Morgan fingerprint density at radius 3 is 2.78 bits per heavy atom. The van der Waals surface area contributed by atoms with Crippen LogP contribution in [0, 0.1) is 0 Å². The van der Waals surface area contributed by atoms with Crippen molar-refractivity contribution in [3.63, 3.8) is 0 Å². The molecule has 1 N–H and O–H groups in total. The van der Waals surface area contributed by atoms with E-state index in [4.69, 9.17) is 25.8 Å². The number of carbonyl (C=O) groups is 2. The molecule has 3 rings (SSSR count). The Morgan fingerprint density at radius 1 is 1.19 bits per heavy atom. The number of rotatable bonds is 4. The van der Waals surface area contributed by atoms with E-state index in [0.29, 0.717) is 41.0 Å². The fraction of sp³-hybridized carbons (Fsp3) is 0.200. The second-order valence-electron chi connectivity index (χ2n) is 5.74. The van der Waals surface area contributed by atoms with Gasteiger partial charge in [-0.15, -0.1) is 0 Å². The van der Waals surface area contributed by atoms with Crippen LogP contribution in [-0.2, 0) is 9.53 Å². The molecule has 2 aromatic carbocycles. The third kappa shape index (κ3) is 4.60. The second kappa shape index (κ2) is 8.60. The molecule has 0 saturated carbocycles. The maximum absolute atomic E-state index is 12.2. The summed E-state index contributed by atoms with van der Waals surface area (Å²) in [4.78, 5) is 24.0. The van der Waals surface area contributed by atoms with Crippen molar-refractivity contribution in [1.29, 1.82) is 0 Å². The number of ether oxygens (including phenoxy) is 3. The maximum atomic E-state index is 12.2. The molecule has 2 aromatic rings. The lowest BCUT2D eigenvalue weighted by Crippen LogP contribution is -2.12. The number of carbonyl (C=O) groups excluding carboxylic acids is 2. The molecule has 0 spiro atoms. The van der Waals surface area contributed by atoms with Crippen molar-refractivity contribution in [2.45, 2.75) is 6.42 Å². The van der Waals surface area contributed by atoms with Gasteiger partial charge in [-0.1, -0.05) is 23.7 Å². The summed E-state index contributed by atoms with van der Waals surface area (Å²) in [6, 6.07) is 10.1. The number of amides is 1. The first-order valence-corrected chi connectivity index (χ1v) is 8.72. The van der Waals surface area contributed by atoms with Crippen molar-refractivity contribution in [3.8, 4) is 11.5 Å². The van der Waals surface area contributed by atoms with Gasteiger partial charge in [-0.2, -0.15) is 0 Å². The maximum Gasteiger partial charge on any atom is 0.339 e. The van der Waals surface area contributed by atoms with Crippen LogP contribution in [0.2, 0.25) is 5.02 Å². The van der Waals surface area contributed by atoms with Crippen molar-refractivity contribution < 1.29 is 23.8 Å². The van der Waals surface area contributed by atoms with E-state index in [1.807, 2.05) is 0 Å². The lowest BCUT2D eigenvalue weighted by Gasteiger charge is -2.10. The van der Waals surface area contributed by atoms with Gasteiger partial charge in [0.1, 0.15) is 0 Å². The molecular weight excluding hydrogens is 370 g/mol. The van der Waals surface area contributed by atoms with E-state index in [1.54, 1.807) is 42.5 Å². The number of nitrogens with one attached hydrogen (secondary N) is 1. The van der Waals surface area contributed by atoms with Gasteiger partial charge in [-0.05, 0) is 35.9 Å². The number of halogens is 1. The minimum Gasteiger partial charge on any atom is -0.489 e. The summed E-state index contributed by atoms with van der Waals surface area (Å²) in [5.74, 6) is 0.151. The quantitative estimate of drug-likeness (QED) is 0.635. The molecule has 0 fully saturated rings. The van der Waals surface area contributed by atoms with Crippen molar-refractivity contribution in [1.82, 2.24) is 0 Å². The van der Waals surface area contributed by atoms with Crippen LogP contribution in [0.25, 0.3) is 6.08 Å². The first-order valence-electron chi connectivity index (χ1n) is 8.34. The molecule has 0 aliphatic carbocycles. The van der Waals surface area contributed by atoms with Gasteiger partial charge < -0.3 is 19.5 Å². The van der Waals surface area contributed by atoms with Crippen molar-refractivity contribution in [3.05, 3.63) is 58.6 Å². The van der Waals surface area contributed by atoms with Gasteiger partial charge >= 0.3 is 5.97 Å². The van der Waals surface area contributed by atoms with Crippen LogP contribution in [0.4, 0.5) is 5.69 Å². The smallest absolute Gasteiger partial charge is 0.339 e. The molecule has 1 aliphatic heterocycles. The van der Waals surface area contributed by atoms with Crippen LogP contribution in [0.1, 0.15) is 22.3 Å². The number of esters is 1. The predicted molar refractivity (Wildman–Crippen MR) is 103 cm³/mol. The van der Waals surface area contributed by atoms with Crippen LogP contribution in [0.3, 0.4) is 0 Å². The summed E-state index contributed by atoms with van der Waals surface area (Å²) < 4.78 is 15.9. The molecule has 140 valence electrons. The van der Waals surface area contributed by atoms with E-state index in [2.05, 4.69) is 5.32 Å². The topological polar surface area (TPSA) is 73.9 Å². The zero-order chi connectivity index (χ0) is 19.2. The van der Waals surface area contributed by atoms with E-state index in [1.165, 1.54) is 13.2 Å². The Bertz CT molecular complexity index is 894. The summed E-state index contributed by atoms with van der Waals surface area (Å²) in [5.41, 5.74) is 1.34. The first kappa shape index (κ1) is 18.8. The number of anilines is 1. The Balaban J connectivity index is 1.75. The van der Waals surface area contributed by atoms with Gasteiger partial charge in [0.05, 0.1) is 36.6 Å². The lowest BCUT2D eigenvalue weighted by molar-refractivity contribution is -0.111. The van der Waals surface area contributed by atoms with Gasteiger partial charge in [0, 0.05) is 12.5 Å². The molecule has 0 radical (unpaired) electrons. The monoisotopic (exact) mass is 387 g/mol.